The van der Waals surface area contributed by atoms with Crippen LogP contribution >= 0.6 is 0 Å². The number of aromatic nitrogens is 3. The number of amides is 1. The molecule has 0 atom stereocenters. The molecular formula is C20H19N5O3. The summed E-state index contributed by atoms with van der Waals surface area (Å²) in [5.41, 5.74) is 1.67. The standard InChI is InChI=1S/C20H19N5O3/c26-20(15-5-4-6-17(13-15)25(27)28)21-16-10-8-14(9-11-16)19-23-22-18-7-2-1-3-12-24(18)19/h4-6,8-11,13H,1-3,7,12H2,(H,21,26). The highest BCUT2D eigenvalue weighted by molar-refractivity contribution is 6.04. The molecule has 2 aromatic carbocycles. The summed E-state index contributed by atoms with van der Waals surface area (Å²) in [7, 11) is 0. The minimum absolute atomic E-state index is 0.115. The summed E-state index contributed by atoms with van der Waals surface area (Å²) >= 11 is 0. The molecule has 3 aromatic rings. The van der Waals surface area contributed by atoms with Crippen molar-refractivity contribution >= 4 is 17.3 Å². The van der Waals surface area contributed by atoms with Gasteiger partial charge in [-0.1, -0.05) is 12.5 Å². The molecule has 1 amide bonds. The van der Waals surface area contributed by atoms with Gasteiger partial charge in [0.2, 0.25) is 0 Å². The fourth-order valence-corrected chi connectivity index (χ4v) is 3.37. The van der Waals surface area contributed by atoms with Crippen molar-refractivity contribution in [2.75, 3.05) is 5.32 Å². The van der Waals surface area contributed by atoms with Gasteiger partial charge in [-0.3, -0.25) is 14.9 Å². The van der Waals surface area contributed by atoms with Crippen molar-refractivity contribution in [1.29, 1.82) is 0 Å². The van der Waals surface area contributed by atoms with Crippen LogP contribution in [0.25, 0.3) is 11.4 Å². The first kappa shape index (κ1) is 17.8. The average Bonchev–Trinajstić information content (AvgIpc) is 2.96. The van der Waals surface area contributed by atoms with Gasteiger partial charge in [-0.2, -0.15) is 0 Å². The van der Waals surface area contributed by atoms with E-state index in [1.807, 2.05) is 12.1 Å². The molecule has 1 aliphatic rings. The number of hydrogen-bond acceptors (Lipinski definition) is 5. The van der Waals surface area contributed by atoms with Crippen molar-refractivity contribution < 1.29 is 9.72 Å². The monoisotopic (exact) mass is 377 g/mol. The Morgan fingerprint density at radius 2 is 1.89 bits per heavy atom. The number of nitrogens with one attached hydrogen (secondary N) is 1. The van der Waals surface area contributed by atoms with Crippen molar-refractivity contribution in [3.05, 3.63) is 70.0 Å². The van der Waals surface area contributed by atoms with E-state index in [1.54, 1.807) is 18.2 Å². The molecule has 0 saturated carbocycles. The summed E-state index contributed by atoms with van der Waals surface area (Å²) < 4.78 is 2.17. The smallest absolute Gasteiger partial charge is 0.270 e. The summed E-state index contributed by atoms with van der Waals surface area (Å²) in [4.78, 5) is 22.7. The zero-order valence-electron chi connectivity index (χ0n) is 15.2. The molecule has 8 nitrogen and oxygen atoms in total. The lowest BCUT2D eigenvalue weighted by atomic mass is 10.1. The van der Waals surface area contributed by atoms with Crippen molar-refractivity contribution in [1.82, 2.24) is 14.8 Å². The first-order chi connectivity index (χ1) is 13.6. The highest BCUT2D eigenvalue weighted by atomic mass is 16.6. The minimum Gasteiger partial charge on any atom is -0.322 e. The van der Waals surface area contributed by atoms with Gasteiger partial charge in [-0.25, -0.2) is 0 Å². The lowest BCUT2D eigenvalue weighted by molar-refractivity contribution is -0.384. The Morgan fingerprint density at radius 3 is 2.68 bits per heavy atom. The molecular weight excluding hydrogens is 358 g/mol. The maximum atomic E-state index is 12.4. The van der Waals surface area contributed by atoms with Crippen LogP contribution in [-0.4, -0.2) is 25.6 Å². The second kappa shape index (κ2) is 7.59. The third-order valence-corrected chi connectivity index (χ3v) is 4.83. The molecule has 0 fully saturated rings. The topological polar surface area (TPSA) is 103 Å². The van der Waals surface area contributed by atoms with Gasteiger partial charge < -0.3 is 9.88 Å². The Balaban J connectivity index is 1.51. The SMILES string of the molecule is O=C(Nc1ccc(-c2nnc3n2CCCCC3)cc1)c1cccc([N+](=O)[O-])c1. The van der Waals surface area contributed by atoms with Gasteiger partial charge in [0.05, 0.1) is 4.92 Å². The predicted octanol–water partition coefficient (Wildman–Crippen LogP) is 3.83. The summed E-state index contributed by atoms with van der Waals surface area (Å²) in [6, 6.07) is 13.0. The molecule has 0 aliphatic carbocycles. The number of nitrogens with zero attached hydrogens (tertiary/aromatic N) is 4. The van der Waals surface area contributed by atoms with Gasteiger partial charge >= 0.3 is 0 Å². The number of anilines is 1. The van der Waals surface area contributed by atoms with Gasteiger partial charge in [0.15, 0.2) is 5.82 Å². The normalized spacial score (nSPS) is 13.4. The van der Waals surface area contributed by atoms with E-state index >= 15 is 0 Å². The van der Waals surface area contributed by atoms with Gasteiger partial charge in [-0.15, -0.1) is 10.2 Å². The number of carbonyl (C=O) groups excluding carboxylic acids is 1. The number of hydrogen-bond donors (Lipinski definition) is 1. The van der Waals surface area contributed by atoms with Crippen LogP contribution in [0.4, 0.5) is 11.4 Å². The maximum Gasteiger partial charge on any atom is 0.270 e. The summed E-state index contributed by atoms with van der Waals surface area (Å²) in [6.45, 7) is 0.920. The molecule has 0 saturated heterocycles. The molecule has 0 unspecified atom stereocenters. The number of rotatable bonds is 4. The van der Waals surface area contributed by atoms with E-state index in [1.165, 1.54) is 24.6 Å². The van der Waals surface area contributed by atoms with Crippen molar-refractivity contribution in [3.63, 3.8) is 0 Å². The molecule has 4 rings (SSSR count). The van der Waals surface area contributed by atoms with E-state index in [9.17, 15) is 14.9 Å². The van der Waals surface area contributed by atoms with Crippen LogP contribution in [0.5, 0.6) is 0 Å². The van der Waals surface area contributed by atoms with E-state index in [0.717, 1.165) is 43.0 Å². The number of non-ortho nitro benzene ring substituents is 1. The van der Waals surface area contributed by atoms with Crippen LogP contribution in [0, 0.1) is 10.1 Å². The van der Waals surface area contributed by atoms with Gasteiger partial charge in [0.25, 0.3) is 11.6 Å². The molecule has 1 N–H and O–H groups in total. The van der Waals surface area contributed by atoms with E-state index in [-0.39, 0.29) is 11.3 Å². The second-order valence-corrected chi connectivity index (χ2v) is 6.74. The summed E-state index contributed by atoms with van der Waals surface area (Å²) in [6.07, 6.45) is 4.41. The van der Waals surface area contributed by atoms with E-state index < -0.39 is 10.8 Å². The van der Waals surface area contributed by atoms with Crippen molar-refractivity contribution in [2.24, 2.45) is 0 Å². The molecule has 1 aliphatic heterocycles. The maximum absolute atomic E-state index is 12.4. The minimum atomic E-state index is -0.521. The fourth-order valence-electron chi connectivity index (χ4n) is 3.37. The van der Waals surface area contributed by atoms with Crippen LogP contribution in [0.2, 0.25) is 0 Å². The molecule has 2 heterocycles. The van der Waals surface area contributed by atoms with Gasteiger partial charge in [0, 0.05) is 41.9 Å². The molecule has 1 aromatic heterocycles. The quantitative estimate of drug-likeness (QED) is 0.550. The first-order valence-electron chi connectivity index (χ1n) is 9.20. The Bertz CT molecular complexity index is 1030. The third-order valence-electron chi connectivity index (χ3n) is 4.83. The van der Waals surface area contributed by atoms with Crippen molar-refractivity contribution in [3.8, 4) is 11.4 Å². The number of fused-ring (bicyclic) bond motifs is 1. The third kappa shape index (κ3) is 3.62. The average molecular weight is 377 g/mol. The predicted molar refractivity (Wildman–Crippen MR) is 104 cm³/mol. The van der Waals surface area contributed by atoms with Crippen LogP contribution < -0.4 is 5.32 Å². The first-order valence-corrected chi connectivity index (χ1v) is 9.20. The highest BCUT2D eigenvalue weighted by Gasteiger charge is 2.16. The molecule has 142 valence electrons. The second-order valence-electron chi connectivity index (χ2n) is 6.74. The van der Waals surface area contributed by atoms with Crippen molar-refractivity contribution in [2.45, 2.75) is 32.2 Å². The van der Waals surface area contributed by atoms with E-state index in [2.05, 4.69) is 20.1 Å². The van der Waals surface area contributed by atoms with Crippen LogP contribution in [-0.2, 0) is 13.0 Å². The fraction of sp³-hybridized carbons (Fsp3) is 0.250. The summed E-state index contributed by atoms with van der Waals surface area (Å²) in [5, 5.41) is 22.3. The molecule has 0 spiro atoms. The Morgan fingerprint density at radius 1 is 1.07 bits per heavy atom. The molecule has 0 bridgehead atoms. The lowest BCUT2D eigenvalue weighted by Crippen LogP contribution is -2.12. The number of carbonyl (C=O) groups is 1. The number of aryl methyl sites for hydroxylation is 1. The summed E-state index contributed by atoms with van der Waals surface area (Å²) in [5.74, 6) is 1.47. The van der Waals surface area contributed by atoms with Crippen LogP contribution in [0.15, 0.2) is 48.5 Å². The van der Waals surface area contributed by atoms with Gasteiger partial charge in [0.1, 0.15) is 5.82 Å². The lowest BCUT2D eigenvalue weighted by Gasteiger charge is -2.09. The van der Waals surface area contributed by atoms with E-state index in [0.29, 0.717) is 5.69 Å². The van der Waals surface area contributed by atoms with Gasteiger partial charge in [-0.05, 0) is 43.2 Å². The molecule has 0 radical (unpaired) electrons. The van der Waals surface area contributed by atoms with Crippen LogP contribution in [0.3, 0.4) is 0 Å². The van der Waals surface area contributed by atoms with Crippen LogP contribution in [0.1, 0.15) is 35.4 Å². The molecule has 8 heteroatoms. The molecule has 28 heavy (non-hydrogen) atoms. The number of nitro groups is 1. The van der Waals surface area contributed by atoms with E-state index in [4.69, 9.17) is 0 Å². The zero-order valence-corrected chi connectivity index (χ0v) is 15.2. The Hall–Kier alpha value is -3.55. The largest absolute Gasteiger partial charge is 0.322 e. The Kier molecular flexibility index (Phi) is 4.84. The number of nitro benzene ring substituents is 1. The Labute approximate surface area is 161 Å². The number of benzene rings is 2. The zero-order chi connectivity index (χ0) is 19.5. The highest BCUT2D eigenvalue weighted by Crippen LogP contribution is 2.24.